The molecule has 0 aromatic carbocycles. The van der Waals surface area contributed by atoms with Crippen molar-refractivity contribution in [3.05, 3.63) is 23.5 Å². The van der Waals surface area contributed by atoms with Crippen molar-refractivity contribution in [2.45, 2.75) is 39.8 Å². The summed E-state index contributed by atoms with van der Waals surface area (Å²) in [7, 11) is 0. The lowest BCUT2D eigenvalue weighted by atomic mass is 9.85. The molecule has 1 N–H and O–H groups in total. The van der Waals surface area contributed by atoms with Gasteiger partial charge in [-0.15, -0.1) is 22.9 Å². The van der Waals surface area contributed by atoms with Gasteiger partial charge in [-0.1, -0.05) is 20.8 Å². The van der Waals surface area contributed by atoms with Crippen molar-refractivity contribution < 1.29 is 0 Å². The van der Waals surface area contributed by atoms with E-state index in [-0.39, 0.29) is 5.41 Å². The summed E-state index contributed by atoms with van der Waals surface area (Å²) in [6.45, 7) is 7.52. The van der Waals surface area contributed by atoms with Crippen LogP contribution in [-0.4, -0.2) is 21.3 Å². The summed E-state index contributed by atoms with van der Waals surface area (Å²) in [5, 5.41) is 5.62. The molecule has 0 aliphatic carbocycles. The molecule has 0 aliphatic heterocycles. The van der Waals surface area contributed by atoms with Gasteiger partial charge >= 0.3 is 0 Å². The van der Waals surface area contributed by atoms with E-state index in [0.29, 0.717) is 11.9 Å². The van der Waals surface area contributed by atoms with E-state index in [4.69, 9.17) is 11.6 Å². The molecule has 2 heterocycles. The van der Waals surface area contributed by atoms with Crippen LogP contribution in [0, 0.1) is 5.41 Å². The lowest BCUT2D eigenvalue weighted by Gasteiger charge is -2.31. The predicted octanol–water partition coefficient (Wildman–Crippen LogP) is 3.53. The number of halogens is 1. The Balaban J connectivity index is 1.98. The van der Waals surface area contributed by atoms with Crippen LogP contribution in [0.25, 0.3) is 4.96 Å². The fourth-order valence-electron chi connectivity index (χ4n) is 2.04. The fourth-order valence-corrected chi connectivity index (χ4v) is 2.98. The number of imidazole rings is 1. The molecule has 0 saturated heterocycles. The molecule has 2 aromatic heterocycles. The first-order valence-corrected chi connectivity index (χ1v) is 7.62. The second-order valence-electron chi connectivity index (χ2n) is 5.60. The number of alkyl halides is 1. The number of nitrogens with zero attached hydrogens (tertiary/aromatic N) is 2. The van der Waals surface area contributed by atoms with Crippen LogP contribution in [-0.2, 0) is 6.54 Å². The van der Waals surface area contributed by atoms with Crippen LogP contribution >= 0.6 is 22.9 Å². The lowest BCUT2D eigenvalue weighted by Crippen LogP contribution is -2.40. The van der Waals surface area contributed by atoms with Gasteiger partial charge in [-0.05, 0) is 11.8 Å². The number of aromatic nitrogens is 2. The van der Waals surface area contributed by atoms with Crippen LogP contribution < -0.4 is 5.32 Å². The Morgan fingerprint density at radius 3 is 2.89 bits per heavy atom. The van der Waals surface area contributed by atoms with Gasteiger partial charge in [0, 0.05) is 36.2 Å². The molecular weight excluding hydrogens is 266 g/mol. The van der Waals surface area contributed by atoms with Gasteiger partial charge in [0.2, 0.25) is 0 Å². The third-order valence-corrected chi connectivity index (χ3v) is 4.10. The maximum absolute atomic E-state index is 5.87. The Morgan fingerprint density at radius 2 is 2.28 bits per heavy atom. The molecule has 100 valence electrons. The van der Waals surface area contributed by atoms with Gasteiger partial charge in [0.1, 0.15) is 0 Å². The summed E-state index contributed by atoms with van der Waals surface area (Å²) < 4.78 is 2.06. The highest BCUT2D eigenvalue weighted by molar-refractivity contribution is 7.15. The van der Waals surface area contributed by atoms with Crippen LogP contribution in [0.5, 0.6) is 0 Å². The molecule has 0 amide bonds. The van der Waals surface area contributed by atoms with Crippen molar-refractivity contribution in [2.75, 3.05) is 5.88 Å². The fraction of sp³-hybridized carbons (Fsp3) is 0.615. The summed E-state index contributed by atoms with van der Waals surface area (Å²) in [6.07, 6.45) is 5.10. The molecule has 5 heteroatoms. The Kier molecular flexibility index (Phi) is 4.30. The van der Waals surface area contributed by atoms with E-state index in [9.17, 15) is 0 Å². The number of hydrogen-bond donors (Lipinski definition) is 1. The van der Waals surface area contributed by atoms with E-state index in [0.717, 1.165) is 23.6 Å². The van der Waals surface area contributed by atoms with Gasteiger partial charge < -0.3 is 5.32 Å². The molecule has 0 spiro atoms. The third kappa shape index (κ3) is 3.25. The first-order valence-electron chi connectivity index (χ1n) is 6.21. The zero-order valence-corrected chi connectivity index (χ0v) is 12.7. The van der Waals surface area contributed by atoms with Crippen molar-refractivity contribution in [1.82, 2.24) is 14.7 Å². The van der Waals surface area contributed by atoms with Gasteiger partial charge in [0.05, 0.1) is 5.69 Å². The maximum atomic E-state index is 5.87. The second-order valence-corrected chi connectivity index (χ2v) is 6.85. The summed E-state index contributed by atoms with van der Waals surface area (Å²) in [6, 6.07) is 0.412. The molecule has 2 rings (SSSR count). The van der Waals surface area contributed by atoms with Gasteiger partial charge in [-0.2, -0.15) is 0 Å². The number of fused-ring (bicyclic) bond motifs is 1. The first-order chi connectivity index (χ1) is 8.50. The highest BCUT2D eigenvalue weighted by Gasteiger charge is 2.23. The van der Waals surface area contributed by atoms with E-state index >= 15 is 0 Å². The number of nitrogens with one attached hydrogen (secondary N) is 1. The summed E-state index contributed by atoms with van der Waals surface area (Å²) >= 11 is 7.53. The van der Waals surface area contributed by atoms with E-state index in [1.54, 1.807) is 11.3 Å². The number of rotatable bonds is 5. The third-order valence-electron chi connectivity index (χ3n) is 3.12. The van der Waals surface area contributed by atoms with Crippen LogP contribution in [0.2, 0.25) is 0 Å². The van der Waals surface area contributed by atoms with Gasteiger partial charge in [-0.25, -0.2) is 4.98 Å². The average Bonchev–Trinajstić information content (AvgIpc) is 2.82. The Labute approximate surface area is 117 Å². The van der Waals surface area contributed by atoms with Crippen LogP contribution in [0.3, 0.4) is 0 Å². The predicted molar refractivity (Wildman–Crippen MR) is 78.5 cm³/mol. The summed E-state index contributed by atoms with van der Waals surface area (Å²) in [5.41, 5.74) is 1.30. The quantitative estimate of drug-likeness (QED) is 0.852. The van der Waals surface area contributed by atoms with Crippen molar-refractivity contribution in [3.8, 4) is 0 Å². The highest BCUT2D eigenvalue weighted by Crippen LogP contribution is 2.22. The van der Waals surface area contributed by atoms with Crippen molar-refractivity contribution in [3.63, 3.8) is 0 Å². The smallest absolute Gasteiger partial charge is 0.193 e. The Morgan fingerprint density at radius 1 is 1.50 bits per heavy atom. The van der Waals surface area contributed by atoms with Gasteiger partial charge in [-0.3, -0.25) is 4.40 Å². The van der Waals surface area contributed by atoms with Crippen molar-refractivity contribution in [1.29, 1.82) is 0 Å². The molecule has 0 saturated carbocycles. The van der Waals surface area contributed by atoms with E-state index in [2.05, 4.69) is 41.7 Å². The molecule has 2 aromatic rings. The monoisotopic (exact) mass is 285 g/mol. The minimum absolute atomic E-state index is 0.214. The van der Waals surface area contributed by atoms with Crippen LogP contribution in [0.1, 0.15) is 32.9 Å². The number of hydrogen-bond acceptors (Lipinski definition) is 3. The van der Waals surface area contributed by atoms with Crippen LogP contribution in [0.4, 0.5) is 0 Å². The molecule has 1 atom stereocenters. The van der Waals surface area contributed by atoms with E-state index < -0.39 is 0 Å². The largest absolute Gasteiger partial charge is 0.308 e. The zero-order chi connectivity index (χ0) is 13.2. The highest BCUT2D eigenvalue weighted by atomic mass is 35.5. The molecule has 0 aliphatic rings. The first kappa shape index (κ1) is 13.8. The Bertz CT molecular complexity index is 469. The molecular formula is C13H20ClN3S. The summed E-state index contributed by atoms with van der Waals surface area (Å²) in [4.78, 5) is 5.63. The molecule has 18 heavy (non-hydrogen) atoms. The maximum Gasteiger partial charge on any atom is 0.193 e. The minimum atomic E-state index is 0.214. The molecule has 0 fully saturated rings. The molecule has 0 bridgehead atoms. The second kappa shape index (κ2) is 5.59. The zero-order valence-electron chi connectivity index (χ0n) is 11.1. The lowest BCUT2D eigenvalue weighted by molar-refractivity contribution is 0.260. The molecule has 0 radical (unpaired) electrons. The number of thiazole rings is 1. The van der Waals surface area contributed by atoms with E-state index in [1.165, 1.54) is 0 Å². The van der Waals surface area contributed by atoms with Gasteiger partial charge in [0.15, 0.2) is 4.96 Å². The standard InChI is InChI=1S/C13H20ClN3S/c1-13(2,3)11(4-5-14)15-8-10-9-17-6-7-18-12(17)16-10/h6-7,9,11,15H,4-5,8H2,1-3H3. The van der Waals surface area contributed by atoms with Crippen LogP contribution in [0.15, 0.2) is 17.8 Å². The minimum Gasteiger partial charge on any atom is -0.308 e. The Hall–Kier alpha value is -0.580. The topological polar surface area (TPSA) is 29.3 Å². The summed E-state index contributed by atoms with van der Waals surface area (Å²) in [5.74, 6) is 0.688. The average molecular weight is 286 g/mol. The van der Waals surface area contributed by atoms with Crippen molar-refractivity contribution in [2.24, 2.45) is 5.41 Å². The normalized spacial score (nSPS) is 14.2. The van der Waals surface area contributed by atoms with Crippen molar-refractivity contribution >= 4 is 27.9 Å². The van der Waals surface area contributed by atoms with E-state index in [1.807, 2.05) is 11.6 Å². The van der Waals surface area contributed by atoms with Gasteiger partial charge in [0.25, 0.3) is 0 Å². The molecule has 3 nitrogen and oxygen atoms in total. The SMILES string of the molecule is CC(C)(C)C(CCCl)NCc1cn2ccsc2n1. The molecule has 1 unspecified atom stereocenters.